The molecule has 0 fully saturated rings. The Morgan fingerprint density at radius 3 is 2.70 bits per heavy atom. The molecule has 1 aliphatic heterocycles. The molecular weight excluding hydrogens is 342 g/mol. The predicted octanol–water partition coefficient (Wildman–Crippen LogP) is 4.51. The molecule has 0 N–H and O–H groups in total. The van der Waals surface area contributed by atoms with Crippen LogP contribution >= 0.6 is 0 Å². The van der Waals surface area contributed by atoms with Gasteiger partial charge in [0, 0.05) is 0 Å². The molecule has 2 heterocycles. The topological polar surface area (TPSA) is 61.0 Å². The van der Waals surface area contributed by atoms with Crippen LogP contribution in [0.3, 0.4) is 0 Å². The third-order valence-electron chi connectivity index (χ3n) is 4.04. The zero-order valence-corrected chi connectivity index (χ0v) is 14.7. The van der Waals surface area contributed by atoms with Crippen LogP contribution in [-0.4, -0.2) is 11.9 Å². The molecule has 5 nitrogen and oxygen atoms in total. The second-order valence-electron chi connectivity index (χ2n) is 6.16. The average molecular weight is 359 g/mol. The van der Waals surface area contributed by atoms with Gasteiger partial charge in [-0.2, -0.15) is 0 Å². The maximum absolute atomic E-state index is 12.0. The van der Waals surface area contributed by atoms with Crippen molar-refractivity contribution in [2.75, 3.05) is 0 Å². The number of cyclic esters (lactones) is 1. The van der Waals surface area contributed by atoms with E-state index >= 15 is 0 Å². The summed E-state index contributed by atoms with van der Waals surface area (Å²) < 4.78 is 16.2. The molecule has 27 heavy (non-hydrogen) atoms. The molecule has 0 aliphatic carbocycles. The van der Waals surface area contributed by atoms with Crippen molar-refractivity contribution in [3.63, 3.8) is 0 Å². The van der Waals surface area contributed by atoms with Gasteiger partial charge in [0.1, 0.15) is 12.4 Å². The van der Waals surface area contributed by atoms with E-state index in [-0.39, 0.29) is 11.6 Å². The smallest absolute Gasteiger partial charge is 0.363 e. The molecular formula is C22H17NO4. The average Bonchev–Trinajstić information content (AvgIpc) is 3.32. The Balaban J connectivity index is 1.49. The number of rotatable bonds is 5. The summed E-state index contributed by atoms with van der Waals surface area (Å²) in [4.78, 5) is 16.2. The molecule has 5 heteroatoms. The molecule has 0 saturated heterocycles. The summed E-state index contributed by atoms with van der Waals surface area (Å²) in [7, 11) is 0. The van der Waals surface area contributed by atoms with E-state index in [2.05, 4.69) is 24.0 Å². The van der Waals surface area contributed by atoms with Crippen molar-refractivity contribution in [1.82, 2.24) is 0 Å². The molecule has 0 saturated carbocycles. The monoisotopic (exact) mass is 359 g/mol. The lowest BCUT2D eigenvalue weighted by atomic mass is 10.1. The largest absolute Gasteiger partial charge is 0.489 e. The zero-order valence-electron chi connectivity index (χ0n) is 14.7. The van der Waals surface area contributed by atoms with Crippen LogP contribution in [0.15, 0.2) is 82.0 Å². The summed E-state index contributed by atoms with van der Waals surface area (Å²) in [5.41, 5.74) is 3.33. The third-order valence-corrected chi connectivity index (χ3v) is 4.04. The van der Waals surface area contributed by atoms with Crippen LogP contribution in [0.4, 0.5) is 0 Å². The number of hydrogen-bond donors (Lipinski definition) is 0. The summed E-state index contributed by atoms with van der Waals surface area (Å²) in [5.74, 6) is 0.795. The SMILES string of the molecule is Cc1ccc(COc2cccc(/C=C3\N=C(c4ccco4)OC3=O)c2)cc1. The van der Waals surface area contributed by atoms with Gasteiger partial charge < -0.3 is 13.9 Å². The molecule has 0 spiro atoms. The number of ether oxygens (including phenoxy) is 2. The molecule has 0 amide bonds. The van der Waals surface area contributed by atoms with E-state index in [1.165, 1.54) is 11.8 Å². The highest BCUT2D eigenvalue weighted by Gasteiger charge is 2.25. The normalized spacial score (nSPS) is 14.9. The van der Waals surface area contributed by atoms with Crippen molar-refractivity contribution in [3.8, 4) is 5.75 Å². The maximum Gasteiger partial charge on any atom is 0.363 e. The predicted molar refractivity (Wildman–Crippen MR) is 101 cm³/mol. The van der Waals surface area contributed by atoms with Gasteiger partial charge in [-0.25, -0.2) is 9.79 Å². The van der Waals surface area contributed by atoms with Crippen molar-refractivity contribution in [1.29, 1.82) is 0 Å². The van der Waals surface area contributed by atoms with Gasteiger partial charge in [-0.15, -0.1) is 0 Å². The Labute approximate surface area is 156 Å². The standard InChI is InChI=1S/C22H17NO4/c1-15-7-9-16(10-8-15)14-26-18-5-2-4-17(12-18)13-19-22(24)27-21(23-19)20-6-3-11-25-20/h2-13H,14H2,1H3/b19-13-. The number of nitrogens with zero attached hydrogens (tertiary/aromatic N) is 1. The van der Waals surface area contributed by atoms with E-state index in [1.54, 1.807) is 18.2 Å². The molecule has 2 aromatic carbocycles. The Hall–Kier alpha value is -3.60. The first-order chi connectivity index (χ1) is 13.2. The maximum atomic E-state index is 12.0. The van der Waals surface area contributed by atoms with Crippen molar-refractivity contribution in [2.24, 2.45) is 4.99 Å². The Kier molecular flexibility index (Phi) is 4.58. The van der Waals surface area contributed by atoms with Gasteiger partial charge in [0.2, 0.25) is 0 Å². The first-order valence-electron chi connectivity index (χ1n) is 8.52. The van der Waals surface area contributed by atoms with Crippen LogP contribution in [0.5, 0.6) is 5.75 Å². The minimum absolute atomic E-state index is 0.169. The van der Waals surface area contributed by atoms with Crippen LogP contribution < -0.4 is 4.74 Å². The minimum atomic E-state index is -0.507. The van der Waals surface area contributed by atoms with Gasteiger partial charge in [0.15, 0.2) is 11.5 Å². The quantitative estimate of drug-likeness (QED) is 0.497. The first kappa shape index (κ1) is 16.8. The van der Waals surface area contributed by atoms with Gasteiger partial charge >= 0.3 is 5.97 Å². The molecule has 0 atom stereocenters. The van der Waals surface area contributed by atoms with E-state index in [0.717, 1.165) is 11.1 Å². The number of carbonyl (C=O) groups excluding carboxylic acids is 1. The van der Waals surface area contributed by atoms with E-state index in [0.29, 0.717) is 18.1 Å². The van der Waals surface area contributed by atoms with Gasteiger partial charge in [0.25, 0.3) is 5.90 Å². The second-order valence-corrected chi connectivity index (χ2v) is 6.16. The van der Waals surface area contributed by atoms with Crippen molar-refractivity contribution in [3.05, 3.63) is 95.1 Å². The molecule has 134 valence electrons. The fraction of sp³-hybridized carbons (Fsp3) is 0.0909. The minimum Gasteiger partial charge on any atom is -0.489 e. The van der Waals surface area contributed by atoms with E-state index in [4.69, 9.17) is 13.9 Å². The molecule has 4 rings (SSSR count). The molecule has 0 bridgehead atoms. The lowest BCUT2D eigenvalue weighted by molar-refractivity contribution is -0.130. The van der Waals surface area contributed by atoms with E-state index < -0.39 is 5.97 Å². The lowest BCUT2D eigenvalue weighted by Crippen LogP contribution is -2.04. The molecule has 3 aromatic rings. The fourth-order valence-corrected chi connectivity index (χ4v) is 2.62. The number of benzene rings is 2. The summed E-state index contributed by atoms with van der Waals surface area (Å²) in [6.07, 6.45) is 3.17. The van der Waals surface area contributed by atoms with Gasteiger partial charge in [-0.3, -0.25) is 0 Å². The van der Waals surface area contributed by atoms with E-state index in [1.807, 2.05) is 36.4 Å². The summed E-state index contributed by atoms with van der Waals surface area (Å²) in [5, 5.41) is 0. The van der Waals surface area contributed by atoms with Gasteiger partial charge in [0.05, 0.1) is 6.26 Å². The molecule has 1 aromatic heterocycles. The molecule has 1 aliphatic rings. The third kappa shape index (κ3) is 3.98. The zero-order chi connectivity index (χ0) is 18.6. The van der Waals surface area contributed by atoms with Crippen LogP contribution in [0.2, 0.25) is 0 Å². The number of esters is 1. The van der Waals surface area contributed by atoms with Gasteiger partial charge in [-0.05, 0) is 48.4 Å². The first-order valence-corrected chi connectivity index (χ1v) is 8.52. The molecule has 0 radical (unpaired) electrons. The van der Waals surface area contributed by atoms with Gasteiger partial charge in [-0.1, -0.05) is 42.0 Å². The van der Waals surface area contributed by atoms with Crippen LogP contribution in [0, 0.1) is 6.92 Å². The van der Waals surface area contributed by atoms with E-state index in [9.17, 15) is 4.79 Å². The Bertz CT molecular complexity index is 1010. The van der Waals surface area contributed by atoms with Crippen LogP contribution in [0.25, 0.3) is 6.08 Å². The van der Waals surface area contributed by atoms with Crippen molar-refractivity contribution >= 4 is 17.9 Å². The fourth-order valence-electron chi connectivity index (χ4n) is 2.62. The summed E-state index contributed by atoms with van der Waals surface area (Å²) in [6, 6.07) is 19.1. The number of furan rings is 1. The Morgan fingerprint density at radius 1 is 1.07 bits per heavy atom. The lowest BCUT2D eigenvalue weighted by Gasteiger charge is -2.07. The van der Waals surface area contributed by atoms with Crippen LogP contribution in [0.1, 0.15) is 22.5 Å². The summed E-state index contributed by atoms with van der Waals surface area (Å²) in [6.45, 7) is 2.53. The van der Waals surface area contributed by atoms with Crippen molar-refractivity contribution < 1.29 is 18.7 Å². The van der Waals surface area contributed by atoms with Crippen molar-refractivity contribution in [2.45, 2.75) is 13.5 Å². The highest BCUT2D eigenvalue weighted by atomic mass is 16.6. The second kappa shape index (κ2) is 7.33. The van der Waals surface area contributed by atoms with Crippen LogP contribution in [-0.2, 0) is 16.1 Å². The highest BCUT2D eigenvalue weighted by molar-refractivity contribution is 6.11. The summed E-state index contributed by atoms with van der Waals surface area (Å²) >= 11 is 0. The Morgan fingerprint density at radius 2 is 1.93 bits per heavy atom. The molecule has 0 unspecified atom stereocenters. The highest BCUT2D eigenvalue weighted by Crippen LogP contribution is 2.22. The number of hydrogen-bond acceptors (Lipinski definition) is 5. The number of aliphatic imine (C=N–C) groups is 1. The number of aryl methyl sites for hydroxylation is 1. The number of carbonyl (C=O) groups is 1.